The van der Waals surface area contributed by atoms with Crippen LogP contribution in [0.4, 0.5) is 11.4 Å². The van der Waals surface area contributed by atoms with Crippen LogP contribution in [0.3, 0.4) is 0 Å². The van der Waals surface area contributed by atoms with Gasteiger partial charge in [0.25, 0.3) is 10.0 Å². The molecule has 0 heterocycles. The van der Waals surface area contributed by atoms with Crippen LogP contribution in [-0.4, -0.2) is 20.1 Å². The highest BCUT2D eigenvalue weighted by atomic mass is 35.5. The van der Waals surface area contributed by atoms with E-state index in [0.717, 1.165) is 11.1 Å². The van der Waals surface area contributed by atoms with Gasteiger partial charge < -0.3 is 5.32 Å². The third-order valence-electron chi connectivity index (χ3n) is 4.13. The maximum atomic E-state index is 12.5. The Labute approximate surface area is 185 Å². The highest BCUT2D eigenvalue weighted by Crippen LogP contribution is 2.20. The predicted molar refractivity (Wildman–Crippen MR) is 125 cm³/mol. The Balaban J connectivity index is 1.53. The second-order valence-electron chi connectivity index (χ2n) is 6.67. The van der Waals surface area contributed by atoms with Crippen molar-refractivity contribution >= 4 is 50.7 Å². The average Bonchev–Trinajstić information content (AvgIpc) is 2.69. The zero-order chi connectivity index (χ0) is 21.6. The molecule has 2 N–H and O–H groups in total. The zero-order valence-electron chi connectivity index (χ0n) is 16.3. The van der Waals surface area contributed by atoms with Gasteiger partial charge in [-0.3, -0.25) is 9.52 Å². The third-order valence-corrected chi connectivity index (χ3v) is 6.79. The molecule has 1 amide bonds. The molecule has 0 atom stereocenters. The molecule has 3 aromatic rings. The van der Waals surface area contributed by atoms with Crippen LogP contribution in [0.5, 0.6) is 0 Å². The number of thioether (sulfide) groups is 1. The van der Waals surface area contributed by atoms with Crippen molar-refractivity contribution in [1.29, 1.82) is 0 Å². The summed E-state index contributed by atoms with van der Waals surface area (Å²) in [5.74, 6) is 0.840. The van der Waals surface area contributed by atoms with Crippen molar-refractivity contribution in [2.45, 2.75) is 17.6 Å². The molecule has 0 saturated carbocycles. The Morgan fingerprint density at radius 1 is 0.967 bits per heavy atom. The molecule has 5 nitrogen and oxygen atoms in total. The molecule has 0 spiro atoms. The molecular formula is C22H21ClN2O3S2. The van der Waals surface area contributed by atoms with E-state index in [4.69, 9.17) is 11.6 Å². The van der Waals surface area contributed by atoms with Gasteiger partial charge in [-0.2, -0.15) is 0 Å². The topological polar surface area (TPSA) is 75.3 Å². The number of benzene rings is 3. The first-order valence-corrected chi connectivity index (χ1v) is 12.1. The molecule has 0 aliphatic heterocycles. The summed E-state index contributed by atoms with van der Waals surface area (Å²) >= 11 is 7.35. The van der Waals surface area contributed by atoms with Crippen LogP contribution >= 0.6 is 23.4 Å². The van der Waals surface area contributed by atoms with Gasteiger partial charge in [0.05, 0.1) is 10.6 Å². The molecule has 0 aliphatic rings. The lowest BCUT2D eigenvalue weighted by Gasteiger charge is -2.10. The monoisotopic (exact) mass is 460 g/mol. The molecule has 3 rings (SSSR count). The molecule has 0 radical (unpaired) electrons. The number of halogens is 1. The molecule has 3 aromatic carbocycles. The lowest BCUT2D eigenvalue weighted by Crippen LogP contribution is -2.15. The average molecular weight is 461 g/mol. The number of hydrogen-bond donors (Lipinski definition) is 2. The van der Waals surface area contributed by atoms with Gasteiger partial charge in [-0.1, -0.05) is 35.9 Å². The van der Waals surface area contributed by atoms with E-state index in [-0.39, 0.29) is 16.6 Å². The van der Waals surface area contributed by atoms with E-state index < -0.39 is 10.0 Å². The van der Waals surface area contributed by atoms with E-state index in [2.05, 4.69) is 10.0 Å². The molecule has 156 valence electrons. The second kappa shape index (κ2) is 10.0. The minimum atomic E-state index is -3.70. The van der Waals surface area contributed by atoms with Crippen molar-refractivity contribution in [3.8, 4) is 0 Å². The molecule has 0 fully saturated rings. The molecular weight excluding hydrogens is 440 g/mol. The lowest BCUT2D eigenvalue weighted by atomic mass is 10.2. The number of amides is 1. The Morgan fingerprint density at radius 2 is 1.67 bits per heavy atom. The fourth-order valence-corrected chi connectivity index (χ4v) is 4.64. The largest absolute Gasteiger partial charge is 0.325 e. The van der Waals surface area contributed by atoms with Gasteiger partial charge in [0.1, 0.15) is 0 Å². The molecule has 8 heteroatoms. The summed E-state index contributed by atoms with van der Waals surface area (Å²) in [6, 6.07) is 20.7. The summed E-state index contributed by atoms with van der Waals surface area (Å²) in [7, 11) is -3.70. The summed E-state index contributed by atoms with van der Waals surface area (Å²) < 4.78 is 27.6. The SMILES string of the molecule is Cc1cccc(NS(=O)(=O)c2ccc(NC(=O)CSCc3ccc(Cl)cc3)cc2)c1. The normalized spacial score (nSPS) is 11.1. The number of anilines is 2. The number of rotatable bonds is 8. The molecule has 30 heavy (non-hydrogen) atoms. The first-order chi connectivity index (χ1) is 14.3. The Kier molecular flexibility index (Phi) is 7.42. The molecule has 0 saturated heterocycles. The van der Waals surface area contributed by atoms with Gasteiger partial charge in [-0.25, -0.2) is 8.42 Å². The first kappa shape index (κ1) is 22.2. The minimum Gasteiger partial charge on any atom is -0.325 e. The smallest absolute Gasteiger partial charge is 0.261 e. The van der Waals surface area contributed by atoms with Crippen LogP contribution < -0.4 is 10.0 Å². The van der Waals surface area contributed by atoms with Crippen molar-refractivity contribution in [2.24, 2.45) is 0 Å². The van der Waals surface area contributed by atoms with E-state index in [1.165, 1.54) is 23.9 Å². The maximum Gasteiger partial charge on any atom is 0.261 e. The van der Waals surface area contributed by atoms with E-state index in [9.17, 15) is 13.2 Å². The van der Waals surface area contributed by atoms with Crippen molar-refractivity contribution in [1.82, 2.24) is 0 Å². The van der Waals surface area contributed by atoms with Gasteiger partial charge in [-0.05, 0) is 66.6 Å². The first-order valence-electron chi connectivity index (χ1n) is 9.13. The van der Waals surface area contributed by atoms with E-state index in [0.29, 0.717) is 22.2 Å². The van der Waals surface area contributed by atoms with E-state index >= 15 is 0 Å². The number of hydrogen-bond acceptors (Lipinski definition) is 4. The quantitative estimate of drug-likeness (QED) is 0.477. The van der Waals surface area contributed by atoms with E-state index in [1.807, 2.05) is 37.3 Å². The Morgan fingerprint density at radius 3 is 2.33 bits per heavy atom. The maximum absolute atomic E-state index is 12.5. The van der Waals surface area contributed by atoms with Crippen LogP contribution in [0.25, 0.3) is 0 Å². The molecule has 0 unspecified atom stereocenters. The predicted octanol–water partition coefficient (Wildman–Crippen LogP) is 5.32. The number of sulfonamides is 1. The molecule has 0 aliphatic carbocycles. The Hall–Kier alpha value is -2.48. The highest BCUT2D eigenvalue weighted by Gasteiger charge is 2.14. The highest BCUT2D eigenvalue weighted by molar-refractivity contribution is 7.99. The fourth-order valence-electron chi connectivity index (χ4n) is 2.68. The third kappa shape index (κ3) is 6.52. The van der Waals surface area contributed by atoms with E-state index in [1.54, 1.807) is 30.3 Å². The summed E-state index contributed by atoms with van der Waals surface area (Å²) in [4.78, 5) is 12.3. The van der Waals surface area contributed by atoms with Gasteiger partial charge in [0.15, 0.2) is 0 Å². The number of nitrogens with one attached hydrogen (secondary N) is 2. The zero-order valence-corrected chi connectivity index (χ0v) is 18.7. The van der Waals surface area contributed by atoms with Crippen LogP contribution in [0.15, 0.2) is 77.7 Å². The fraction of sp³-hybridized carbons (Fsp3) is 0.136. The summed E-state index contributed by atoms with van der Waals surface area (Å²) in [6.07, 6.45) is 0. The van der Waals surface area contributed by atoms with Crippen LogP contribution in [0.2, 0.25) is 5.02 Å². The van der Waals surface area contributed by atoms with Gasteiger partial charge in [0, 0.05) is 22.2 Å². The van der Waals surface area contributed by atoms with Crippen molar-refractivity contribution in [3.05, 3.63) is 88.9 Å². The van der Waals surface area contributed by atoms with Crippen LogP contribution in [0.1, 0.15) is 11.1 Å². The molecule has 0 aromatic heterocycles. The summed E-state index contributed by atoms with van der Waals surface area (Å²) in [5, 5.41) is 3.46. The van der Waals surface area contributed by atoms with Crippen molar-refractivity contribution in [2.75, 3.05) is 15.8 Å². The van der Waals surface area contributed by atoms with Gasteiger partial charge >= 0.3 is 0 Å². The van der Waals surface area contributed by atoms with Gasteiger partial charge in [-0.15, -0.1) is 11.8 Å². The minimum absolute atomic E-state index is 0.124. The van der Waals surface area contributed by atoms with Crippen LogP contribution in [0, 0.1) is 6.92 Å². The molecule has 0 bridgehead atoms. The summed E-state index contributed by atoms with van der Waals surface area (Å²) in [5.41, 5.74) is 3.10. The van der Waals surface area contributed by atoms with Gasteiger partial charge in [0.2, 0.25) is 5.91 Å². The standard InChI is InChI=1S/C22H21ClN2O3S2/c1-16-3-2-4-20(13-16)25-30(27,28)21-11-9-19(10-12-21)24-22(26)15-29-14-17-5-7-18(23)8-6-17/h2-13,25H,14-15H2,1H3,(H,24,26). The lowest BCUT2D eigenvalue weighted by molar-refractivity contribution is -0.113. The van der Waals surface area contributed by atoms with Crippen molar-refractivity contribution in [3.63, 3.8) is 0 Å². The Bertz CT molecular complexity index is 1120. The second-order valence-corrected chi connectivity index (χ2v) is 9.77. The number of carbonyl (C=O) groups is 1. The number of aryl methyl sites for hydroxylation is 1. The summed E-state index contributed by atoms with van der Waals surface area (Å²) in [6.45, 7) is 1.89. The van der Waals surface area contributed by atoms with Crippen LogP contribution in [-0.2, 0) is 20.6 Å². The number of carbonyl (C=O) groups excluding carboxylic acids is 1. The van der Waals surface area contributed by atoms with Crippen molar-refractivity contribution < 1.29 is 13.2 Å².